The number of benzene rings is 1. The highest BCUT2D eigenvalue weighted by atomic mass is 16.5. The van der Waals surface area contributed by atoms with Gasteiger partial charge in [-0.25, -0.2) is 9.50 Å². The van der Waals surface area contributed by atoms with Crippen molar-refractivity contribution in [1.82, 2.24) is 24.5 Å². The van der Waals surface area contributed by atoms with E-state index in [1.807, 2.05) is 47.2 Å². The Labute approximate surface area is 176 Å². The van der Waals surface area contributed by atoms with E-state index in [1.165, 1.54) is 5.56 Å². The van der Waals surface area contributed by atoms with Gasteiger partial charge in [0.15, 0.2) is 11.5 Å². The second-order valence-electron chi connectivity index (χ2n) is 7.86. The van der Waals surface area contributed by atoms with Gasteiger partial charge in [-0.2, -0.15) is 5.10 Å². The normalized spacial score (nSPS) is 17.3. The highest BCUT2D eigenvalue weighted by Gasteiger charge is 2.25. The number of hydrogen-bond donors (Lipinski definition) is 0. The summed E-state index contributed by atoms with van der Waals surface area (Å²) in [6, 6.07) is 16.4. The minimum atomic E-state index is 0.357. The summed E-state index contributed by atoms with van der Waals surface area (Å²) in [6.07, 6.45) is 8.12. The number of piperidine rings is 1. The monoisotopic (exact) mass is 399 g/mol. The van der Waals surface area contributed by atoms with Gasteiger partial charge in [-0.05, 0) is 60.8 Å². The average Bonchev–Trinajstić information content (AvgIpc) is 3.23. The molecule has 5 rings (SSSR count). The lowest BCUT2D eigenvalue weighted by atomic mass is 9.97. The van der Waals surface area contributed by atoms with Crippen LogP contribution in [0.4, 0.5) is 0 Å². The summed E-state index contributed by atoms with van der Waals surface area (Å²) in [5, 5.41) is 4.84. The lowest BCUT2D eigenvalue weighted by Crippen LogP contribution is -2.34. The number of likely N-dealkylation sites (tertiary alicyclic amines) is 1. The topological polar surface area (TPSA) is 55.5 Å². The number of pyridine rings is 2. The Morgan fingerprint density at radius 3 is 2.93 bits per heavy atom. The first-order chi connectivity index (χ1) is 14.8. The average molecular weight is 399 g/mol. The maximum atomic E-state index is 5.36. The van der Waals surface area contributed by atoms with Gasteiger partial charge in [0, 0.05) is 43.2 Å². The van der Waals surface area contributed by atoms with Crippen LogP contribution < -0.4 is 4.74 Å². The molecular weight excluding hydrogens is 374 g/mol. The SMILES string of the molecule is COc1cccc(-c2ccc3nc([C@H]4CCCN(Cc5cccnc5)C4)nn3c2)c1. The number of methoxy groups -OCH3 is 1. The molecule has 30 heavy (non-hydrogen) atoms. The predicted octanol–water partition coefficient (Wildman–Crippen LogP) is 4.18. The molecule has 1 aliphatic heterocycles. The maximum Gasteiger partial charge on any atom is 0.156 e. The summed E-state index contributed by atoms with van der Waals surface area (Å²) in [7, 11) is 1.69. The fourth-order valence-corrected chi connectivity index (χ4v) is 4.21. The summed E-state index contributed by atoms with van der Waals surface area (Å²) in [5.74, 6) is 2.15. The van der Waals surface area contributed by atoms with Crippen molar-refractivity contribution in [3.8, 4) is 16.9 Å². The molecule has 0 bridgehead atoms. The first-order valence-electron chi connectivity index (χ1n) is 10.4. The van der Waals surface area contributed by atoms with Crippen molar-refractivity contribution in [3.63, 3.8) is 0 Å². The van der Waals surface area contributed by atoms with Crippen LogP contribution in [0.25, 0.3) is 16.8 Å². The molecule has 0 saturated carbocycles. The third kappa shape index (κ3) is 3.91. The second-order valence-corrected chi connectivity index (χ2v) is 7.86. The van der Waals surface area contributed by atoms with Gasteiger partial charge in [0.2, 0.25) is 0 Å². The molecular formula is C24H25N5O. The molecule has 1 atom stereocenters. The van der Waals surface area contributed by atoms with Crippen molar-refractivity contribution in [3.05, 3.63) is 78.5 Å². The highest BCUT2D eigenvalue weighted by Crippen LogP contribution is 2.28. The van der Waals surface area contributed by atoms with Crippen molar-refractivity contribution in [2.24, 2.45) is 0 Å². The second kappa shape index (κ2) is 8.24. The van der Waals surface area contributed by atoms with E-state index in [9.17, 15) is 0 Å². The summed E-state index contributed by atoms with van der Waals surface area (Å²) in [4.78, 5) is 11.6. The van der Waals surface area contributed by atoms with Gasteiger partial charge in [0.25, 0.3) is 0 Å². The zero-order valence-electron chi connectivity index (χ0n) is 17.1. The molecule has 4 aromatic rings. The predicted molar refractivity (Wildman–Crippen MR) is 116 cm³/mol. The zero-order chi connectivity index (χ0) is 20.3. The van der Waals surface area contributed by atoms with Crippen LogP contribution in [0.1, 0.15) is 30.1 Å². The third-order valence-electron chi connectivity index (χ3n) is 5.75. The Morgan fingerprint density at radius 2 is 2.07 bits per heavy atom. The Balaban J connectivity index is 1.36. The molecule has 0 unspecified atom stereocenters. The van der Waals surface area contributed by atoms with Crippen LogP contribution in [0.3, 0.4) is 0 Å². The van der Waals surface area contributed by atoms with Crippen molar-refractivity contribution in [2.75, 3.05) is 20.2 Å². The summed E-state index contributed by atoms with van der Waals surface area (Å²) >= 11 is 0. The Kier molecular flexibility index (Phi) is 5.15. The lowest BCUT2D eigenvalue weighted by molar-refractivity contribution is 0.196. The van der Waals surface area contributed by atoms with Gasteiger partial charge in [0.1, 0.15) is 5.75 Å². The quantitative estimate of drug-likeness (QED) is 0.504. The maximum absolute atomic E-state index is 5.36. The molecule has 1 aliphatic rings. The fourth-order valence-electron chi connectivity index (χ4n) is 4.21. The molecule has 0 N–H and O–H groups in total. The van der Waals surface area contributed by atoms with Gasteiger partial charge in [-0.3, -0.25) is 9.88 Å². The van der Waals surface area contributed by atoms with Crippen LogP contribution in [0.5, 0.6) is 5.75 Å². The first-order valence-corrected chi connectivity index (χ1v) is 10.4. The number of aromatic nitrogens is 4. The molecule has 152 valence electrons. The molecule has 1 saturated heterocycles. The van der Waals surface area contributed by atoms with Crippen LogP contribution in [0, 0.1) is 0 Å². The van der Waals surface area contributed by atoms with Crippen molar-refractivity contribution in [1.29, 1.82) is 0 Å². The van der Waals surface area contributed by atoms with Gasteiger partial charge >= 0.3 is 0 Å². The van der Waals surface area contributed by atoms with Crippen LogP contribution in [0.15, 0.2) is 67.1 Å². The van der Waals surface area contributed by atoms with Gasteiger partial charge in [0.05, 0.1) is 7.11 Å². The number of ether oxygens (including phenoxy) is 1. The van der Waals surface area contributed by atoms with E-state index in [2.05, 4.69) is 34.3 Å². The molecule has 0 radical (unpaired) electrons. The number of rotatable bonds is 5. The molecule has 0 amide bonds. The van der Waals surface area contributed by atoms with E-state index < -0.39 is 0 Å². The van der Waals surface area contributed by atoms with E-state index in [0.717, 1.165) is 60.8 Å². The van der Waals surface area contributed by atoms with E-state index >= 15 is 0 Å². The number of nitrogens with zero attached hydrogens (tertiary/aromatic N) is 5. The molecule has 0 aliphatic carbocycles. The van der Waals surface area contributed by atoms with E-state index in [-0.39, 0.29) is 0 Å². The molecule has 6 nitrogen and oxygen atoms in total. The standard InChI is InChI=1S/C24H25N5O/c1-30-22-8-2-6-19(13-22)20-9-10-23-26-24(27-29(23)17-20)21-7-4-12-28(16-21)15-18-5-3-11-25-14-18/h2-3,5-6,8-11,13-14,17,21H,4,7,12,15-16H2,1H3/t21-/m0/s1. The van der Waals surface area contributed by atoms with E-state index in [4.69, 9.17) is 14.8 Å². The fraction of sp³-hybridized carbons (Fsp3) is 0.292. The highest BCUT2D eigenvalue weighted by molar-refractivity contribution is 5.65. The van der Waals surface area contributed by atoms with Crippen LogP contribution in [0.2, 0.25) is 0 Å². The van der Waals surface area contributed by atoms with E-state index in [0.29, 0.717) is 5.92 Å². The summed E-state index contributed by atoms with van der Waals surface area (Å²) < 4.78 is 7.26. The molecule has 1 aromatic carbocycles. The van der Waals surface area contributed by atoms with Crippen molar-refractivity contribution in [2.45, 2.75) is 25.3 Å². The minimum absolute atomic E-state index is 0.357. The number of fused-ring (bicyclic) bond motifs is 1. The first kappa shape index (κ1) is 18.8. The number of hydrogen-bond acceptors (Lipinski definition) is 5. The smallest absolute Gasteiger partial charge is 0.156 e. The molecule has 1 fully saturated rings. The summed E-state index contributed by atoms with van der Waals surface area (Å²) in [5.41, 5.74) is 4.35. The Morgan fingerprint density at radius 1 is 1.10 bits per heavy atom. The van der Waals surface area contributed by atoms with E-state index in [1.54, 1.807) is 7.11 Å². The van der Waals surface area contributed by atoms with Gasteiger partial charge in [-0.1, -0.05) is 18.2 Å². The minimum Gasteiger partial charge on any atom is -0.497 e. The van der Waals surface area contributed by atoms with Crippen molar-refractivity contribution >= 4 is 5.65 Å². The van der Waals surface area contributed by atoms with Crippen LogP contribution >= 0.6 is 0 Å². The van der Waals surface area contributed by atoms with Crippen molar-refractivity contribution < 1.29 is 4.74 Å². The zero-order valence-corrected chi connectivity index (χ0v) is 17.1. The Hall–Kier alpha value is -3.25. The molecule has 0 spiro atoms. The van der Waals surface area contributed by atoms with Gasteiger partial charge in [-0.15, -0.1) is 0 Å². The lowest BCUT2D eigenvalue weighted by Gasteiger charge is -2.31. The molecule has 6 heteroatoms. The van der Waals surface area contributed by atoms with Crippen LogP contribution in [-0.2, 0) is 6.54 Å². The molecule has 3 aromatic heterocycles. The van der Waals surface area contributed by atoms with Gasteiger partial charge < -0.3 is 4.74 Å². The Bertz CT molecular complexity index is 1140. The summed E-state index contributed by atoms with van der Waals surface area (Å²) in [6.45, 7) is 3.02. The largest absolute Gasteiger partial charge is 0.497 e. The van der Waals surface area contributed by atoms with Crippen LogP contribution in [-0.4, -0.2) is 44.7 Å². The third-order valence-corrected chi connectivity index (χ3v) is 5.75. The molecule has 4 heterocycles.